The molecule has 4 rings (SSSR count). The first kappa shape index (κ1) is 23.2. The molecule has 2 aromatic rings. The number of nitriles is 1. The summed E-state index contributed by atoms with van der Waals surface area (Å²) in [5, 5.41) is 10.3. The minimum atomic E-state index is -0.641. The van der Waals surface area contributed by atoms with Crippen LogP contribution in [0, 0.1) is 16.7 Å². The number of Topliss-reactive ketones (excluding diaryl/α,β-unsaturated/α-hetero) is 1. The molecule has 1 aliphatic heterocycles. The molecule has 0 saturated heterocycles. The molecule has 0 fully saturated rings. The van der Waals surface area contributed by atoms with Crippen molar-refractivity contribution >= 4 is 11.5 Å². The maximum absolute atomic E-state index is 13.7. The van der Waals surface area contributed by atoms with Crippen LogP contribution in [0.25, 0.3) is 0 Å². The molecule has 0 aromatic heterocycles. The Morgan fingerprint density at radius 2 is 1.65 bits per heavy atom. The molecule has 0 radical (unpaired) electrons. The van der Waals surface area contributed by atoms with E-state index in [-0.39, 0.29) is 11.2 Å². The molecule has 0 amide bonds. The molecular weight excluding hydrogens is 430 g/mol. The van der Waals surface area contributed by atoms with E-state index >= 15 is 0 Å². The SMILES string of the molecule is COc1cc([C@@H]2C(C#N)=C(N)N(c3ccccc3)C3=C2C(=O)CC(C)(C)C3)cc(OC)c1OC. The highest BCUT2D eigenvalue weighted by atomic mass is 16.5. The number of anilines is 1. The molecule has 2 aliphatic rings. The fourth-order valence-electron chi connectivity index (χ4n) is 4.98. The minimum Gasteiger partial charge on any atom is -0.493 e. The monoisotopic (exact) mass is 459 g/mol. The van der Waals surface area contributed by atoms with Crippen molar-refractivity contribution in [2.75, 3.05) is 26.2 Å². The number of benzene rings is 2. The highest BCUT2D eigenvalue weighted by molar-refractivity contribution is 6.01. The Bertz CT molecular complexity index is 1210. The molecule has 0 unspecified atom stereocenters. The maximum atomic E-state index is 13.7. The van der Waals surface area contributed by atoms with Crippen LogP contribution in [0.2, 0.25) is 0 Å². The van der Waals surface area contributed by atoms with Crippen LogP contribution in [0.4, 0.5) is 5.69 Å². The highest BCUT2D eigenvalue weighted by Crippen LogP contribution is 2.52. The van der Waals surface area contributed by atoms with E-state index in [1.54, 1.807) is 12.1 Å². The van der Waals surface area contributed by atoms with Crippen LogP contribution in [0.15, 0.2) is 65.1 Å². The van der Waals surface area contributed by atoms with Crippen molar-refractivity contribution < 1.29 is 19.0 Å². The van der Waals surface area contributed by atoms with Crippen LogP contribution in [0.5, 0.6) is 17.2 Å². The van der Waals surface area contributed by atoms with Gasteiger partial charge in [-0.05, 0) is 41.7 Å². The number of ether oxygens (including phenoxy) is 3. The largest absolute Gasteiger partial charge is 0.493 e. The molecule has 0 spiro atoms. The topological polar surface area (TPSA) is 97.8 Å². The van der Waals surface area contributed by atoms with Crippen molar-refractivity contribution in [2.45, 2.75) is 32.6 Å². The Morgan fingerprint density at radius 1 is 1.03 bits per heavy atom. The van der Waals surface area contributed by atoms with Crippen LogP contribution < -0.4 is 24.8 Å². The van der Waals surface area contributed by atoms with Crippen LogP contribution in [0.1, 0.15) is 38.2 Å². The molecule has 7 heteroatoms. The second kappa shape index (κ2) is 8.79. The first-order chi connectivity index (χ1) is 16.3. The van der Waals surface area contributed by atoms with Crippen LogP contribution in [0.3, 0.4) is 0 Å². The van der Waals surface area contributed by atoms with Gasteiger partial charge in [0.15, 0.2) is 17.3 Å². The summed E-state index contributed by atoms with van der Waals surface area (Å²) in [7, 11) is 4.60. The van der Waals surface area contributed by atoms with Gasteiger partial charge in [-0.3, -0.25) is 9.69 Å². The molecule has 176 valence electrons. The van der Waals surface area contributed by atoms with Gasteiger partial charge in [0.05, 0.1) is 38.9 Å². The Balaban J connectivity index is 2.02. The molecule has 1 aliphatic carbocycles. The van der Waals surface area contributed by atoms with E-state index < -0.39 is 5.92 Å². The van der Waals surface area contributed by atoms with Crippen LogP contribution >= 0.6 is 0 Å². The lowest BCUT2D eigenvalue weighted by atomic mass is 9.68. The zero-order chi connectivity index (χ0) is 24.6. The van der Waals surface area contributed by atoms with Crippen molar-refractivity contribution in [3.63, 3.8) is 0 Å². The molecule has 34 heavy (non-hydrogen) atoms. The van der Waals surface area contributed by atoms with E-state index in [0.717, 1.165) is 11.4 Å². The summed E-state index contributed by atoms with van der Waals surface area (Å²) in [6, 6.07) is 15.5. The maximum Gasteiger partial charge on any atom is 0.203 e. The highest BCUT2D eigenvalue weighted by Gasteiger charge is 2.45. The van der Waals surface area contributed by atoms with Gasteiger partial charge in [-0.2, -0.15) is 5.26 Å². The second-order valence-electron chi connectivity index (χ2n) is 9.27. The zero-order valence-corrected chi connectivity index (χ0v) is 20.1. The van der Waals surface area contributed by atoms with Gasteiger partial charge in [0.1, 0.15) is 5.82 Å². The van der Waals surface area contributed by atoms with Crippen molar-refractivity contribution in [3.05, 3.63) is 70.7 Å². The average Bonchev–Trinajstić information content (AvgIpc) is 2.82. The number of methoxy groups -OCH3 is 3. The van der Waals surface area contributed by atoms with Crippen molar-refractivity contribution in [3.8, 4) is 23.3 Å². The summed E-state index contributed by atoms with van der Waals surface area (Å²) in [4.78, 5) is 15.5. The lowest BCUT2D eigenvalue weighted by Gasteiger charge is -2.43. The summed E-state index contributed by atoms with van der Waals surface area (Å²) in [5.41, 5.74) is 9.65. The summed E-state index contributed by atoms with van der Waals surface area (Å²) in [6.45, 7) is 4.15. The van der Waals surface area contributed by atoms with Gasteiger partial charge >= 0.3 is 0 Å². The van der Waals surface area contributed by atoms with Gasteiger partial charge in [0, 0.05) is 23.4 Å². The number of ketones is 1. The Hall–Kier alpha value is -3.92. The first-order valence-corrected chi connectivity index (χ1v) is 11.1. The first-order valence-electron chi connectivity index (χ1n) is 11.1. The van der Waals surface area contributed by atoms with Gasteiger partial charge in [0.25, 0.3) is 0 Å². The Kier molecular flexibility index (Phi) is 6.01. The van der Waals surface area contributed by atoms with E-state index in [1.807, 2.05) is 35.2 Å². The van der Waals surface area contributed by atoms with E-state index in [2.05, 4.69) is 19.9 Å². The van der Waals surface area contributed by atoms with E-state index in [1.165, 1.54) is 21.3 Å². The van der Waals surface area contributed by atoms with Gasteiger partial charge < -0.3 is 19.9 Å². The molecule has 0 bridgehead atoms. The molecule has 1 heterocycles. The van der Waals surface area contributed by atoms with E-state index in [0.29, 0.717) is 52.6 Å². The summed E-state index contributed by atoms with van der Waals surface area (Å²) >= 11 is 0. The van der Waals surface area contributed by atoms with Crippen molar-refractivity contribution in [2.24, 2.45) is 11.1 Å². The molecule has 1 atom stereocenters. The molecule has 2 N–H and O–H groups in total. The lowest BCUT2D eigenvalue weighted by Crippen LogP contribution is -2.42. The number of hydrogen-bond acceptors (Lipinski definition) is 7. The smallest absolute Gasteiger partial charge is 0.203 e. The minimum absolute atomic E-state index is 0.00572. The number of nitrogens with zero attached hydrogens (tertiary/aromatic N) is 2. The number of para-hydroxylation sites is 1. The van der Waals surface area contributed by atoms with Gasteiger partial charge in [-0.25, -0.2) is 0 Å². The van der Waals surface area contributed by atoms with Gasteiger partial charge in [0.2, 0.25) is 5.75 Å². The summed E-state index contributed by atoms with van der Waals surface area (Å²) < 4.78 is 16.6. The van der Waals surface area contributed by atoms with E-state index in [9.17, 15) is 10.1 Å². The Labute approximate surface area is 200 Å². The van der Waals surface area contributed by atoms with Crippen LogP contribution in [-0.2, 0) is 4.79 Å². The van der Waals surface area contributed by atoms with Gasteiger partial charge in [-0.15, -0.1) is 0 Å². The molecule has 2 aromatic carbocycles. The zero-order valence-electron chi connectivity index (χ0n) is 20.1. The number of carbonyl (C=O) groups excluding carboxylic acids is 1. The lowest BCUT2D eigenvalue weighted by molar-refractivity contribution is -0.118. The fraction of sp³-hybridized carbons (Fsp3) is 0.333. The number of allylic oxidation sites excluding steroid dienone is 3. The predicted octanol–water partition coefficient (Wildman–Crippen LogP) is 4.65. The summed E-state index contributed by atoms with van der Waals surface area (Å²) in [5.74, 6) is 1.02. The Morgan fingerprint density at radius 3 is 2.18 bits per heavy atom. The molecule has 7 nitrogen and oxygen atoms in total. The molecule has 0 saturated carbocycles. The number of rotatable bonds is 5. The fourth-order valence-corrected chi connectivity index (χ4v) is 4.98. The third-order valence-electron chi connectivity index (χ3n) is 6.42. The molecular formula is C27H29N3O4. The third-order valence-corrected chi connectivity index (χ3v) is 6.42. The number of carbonyl (C=O) groups is 1. The normalized spacial score (nSPS) is 19.5. The van der Waals surface area contributed by atoms with Gasteiger partial charge in [-0.1, -0.05) is 32.0 Å². The number of hydrogen-bond donors (Lipinski definition) is 1. The predicted molar refractivity (Wildman–Crippen MR) is 130 cm³/mol. The number of nitrogens with two attached hydrogens (primary N) is 1. The summed E-state index contributed by atoms with van der Waals surface area (Å²) in [6.07, 6.45) is 1.03. The van der Waals surface area contributed by atoms with Crippen LogP contribution in [-0.4, -0.2) is 27.1 Å². The average molecular weight is 460 g/mol. The standard InChI is InChI=1S/C27H29N3O4/c1-27(2)13-19-24(20(31)14-27)23(16-11-21(32-3)25(34-5)22(12-16)33-4)18(15-28)26(29)30(19)17-9-7-6-8-10-17/h6-12,23H,13-14,29H2,1-5H3/t23-/m1/s1. The van der Waals surface area contributed by atoms with E-state index in [4.69, 9.17) is 19.9 Å². The third kappa shape index (κ3) is 3.75. The van der Waals surface area contributed by atoms with Crippen molar-refractivity contribution in [1.82, 2.24) is 0 Å². The van der Waals surface area contributed by atoms with Crippen molar-refractivity contribution in [1.29, 1.82) is 5.26 Å². The second-order valence-corrected chi connectivity index (χ2v) is 9.27. The quantitative estimate of drug-likeness (QED) is 0.695.